The number of rotatable bonds is 4. The first-order valence-corrected chi connectivity index (χ1v) is 26.2. The fourth-order valence-corrected chi connectivity index (χ4v) is 47.3. The fraction of sp³-hybridized carbons (Fsp3) is 0.100. The Morgan fingerprint density at radius 3 is 1.21 bits per heavy atom. The Hall–Kier alpha value is -3.58. The van der Waals surface area contributed by atoms with Crippen LogP contribution in [-0.2, 0) is 30.2 Å². The molecule has 0 heterocycles. The van der Waals surface area contributed by atoms with Crippen molar-refractivity contribution in [2.24, 2.45) is 0 Å². The second kappa shape index (κ2) is 9.73. The van der Waals surface area contributed by atoms with Crippen molar-refractivity contribution >= 4 is 18.5 Å². The van der Waals surface area contributed by atoms with Gasteiger partial charge in [-0.2, -0.15) is 0 Å². The third-order valence-electron chi connectivity index (χ3n) is 10.5. The summed E-state index contributed by atoms with van der Waals surface area (Å²) in [6.07, 6.45) is 2.02. The molecular weight excluding hydrogens is 600 g/mol. The molecule has 0 aliphatic heterocycles. The average Bonchev–Trinajstić information content (AvgIpc) is 3.62. The first-order valence-electron chi connectivity index (χ1n) is 15.1. The number of hydrogen-bond donors (Lipinski definition) is 0. The molecule has 202 valence electrons. The quantitative estimate of drug-likeness (QED) is 0.178. The Bertz CT molecular complexity index is 1940. The summed E-state index contributed by atoms with van der Waals surface area (Å²) in [6, 6.07) is 56.4. The van der Waals surface area contributed by atoms with Crippen LogP contribution in [0.5, 0.6) is 0 Å². The topological polar surface area (TPSA) is 0 Å². The summed E-state index contributed by atoms with van der Waals surface area (Å²) in [5.74, 6) is 0. The van der Waals surface area contributed by atoms with Crippen molar-refractivity contribution in [2.75, 3.05) is 0 Å². The molecule has 0 unspecified atom stereocenters. The zero-order valence-electron chi connectivity index (χ0n) is 24.3. The number of benzene rings is 6. The van der Waals surface area contributed by atoms with Gasteiger partial charge in [0.2, 0.25) is 0 Å². The third kappa shape index (κ3) is 3.26. The maximum atomic E-state index is 2.64. The van der Waals surface area contributed by atoms with E-state index < -0.39 is 22.8 Å². The molecule has 0 N–H and O–H groups in total. The van der Waals surface area contributed by atoms with Crippen LogP contribution in [0.3, 0.4) is 0 Å². The van der Waals surface area contributed by atoms with Gasteiger partial charge in [0, 0.05) is 0 Å². The van der Waals surface area contributed by atoms with E-state index >= 15 is 0 Å². The van der Waals surface area contributed by atoms with Gasteiger partial charge in [0.05, 0.1) is 0 Å². The van der Waals surface area contributed by atoms with E-state index in [9.17, 15) is 0 Å². The Morgan fingerprint density at radius 2 is 0.786 bits per heavy atom. The van der Waals surface area contributed by atoms with Gasteiger partial charge in [-0.3, -0.25) is 0 Å². The average molecular weight is 634 g/mol. The summed E-state index contributed by atoms with van der Waals surface area (Å²) in [5.41, 5.74) is 10.8. The van der Waals surface area contributed by atoms with Gasteiger partial charge in [0.1, 0.15) is 0 Å². The van der Waals surface area contributed by atoms with Crippen molar-refractivity contribution in [2.45, 2.75) is 25.9 Å². The van der Waals surface area contributed by atoms with Crippen molar-refractivity contribution in [1.29, 1.82) is 0 Å². The maximum absolute atomic E-state index is 4.69. The molecule has 0 saturated heterocycles. The zero-order valence-corrected chi connectivity index (χ0v) is 27.7. The van der Waals surface area contributed by atoms with E-state index in [2.05, 4.69) is 159 Å². The third-order valence-corrected chi connectivity index (χ3v) is 48.7. The predicted molar refractivity (Wildman–Crippen MR) is 178 cm³/mol. The number of fused-ring (bicyclic) bond motifs is 6. The molecule has 0 aromatic heterocycles. The van der Waals surface area contributed by atoms with Gasteiger partial charge in [-0.05, 0) is 0 Å². The molecule has 0 atom stereocenters. The van der Waals surface area contributed by atoms with Crippen molar-refractivity contribution in [3.8, 4) is 22.3 Å². The molecule has 2 heteroatoms. The van der Waals surface area contributed by atoms with Crippen LogP contribution in [-0.4, -0.2) is 5.43 Å². The minimum absolute atomic E-state index is 1.01. The Kier molecular flexibility index (Phi) is 6.04. The molecule has 8 rings (SSSR count). The van der Waals surface area contributed by atoms with Crippen molar-refractivity contribution in [3.05, 3.63) is 168 Å². The second-order valence-electron chi connectivity index (χ2n) is 12.3. The Balaban J connectivity index is 1.64. The Labute approximate surface area is 250 Å². The van der Waals surface area contributed by atoms with Crippen molar-refractivity contribution in [3.63, 3.8) is 0 Å². The van der Waals surface area contributed by atoms with Crippen LogP contribution in [0.1, 0.15) is 22.3 Å². The van der Waals surface area contributed by atoms with Gasteiger partial charge in [0.25, 0.3) is 0 Å². The van der Waals surface area contributed by atoms with Crippen LogP contribution in [0.2, 0.25) is 13.1 Å². The minimum atomic E-state index is -4.69. The van der Waals surface area contributed by atoms with E-state index in [0.717, 1.165) is 12.8 Å². The van der Waals surface area contributed by atoms with E-state index in [1.807, 2.05) is 0 Å². The molecule has 6 aromatic rings. The molecular formula is C40H34SiZr. The van der Waals surface area contributed by atoms with Crippen LogP contribution >= 0.6 is 0 Å². The van der Waals surface area contributed by atoms with Crippen molar-refractivity contribution in [1.82, 2.24) is 0 Å². The van der Waals surface area contributed by atoms with E-state index in [1.165, 1.54) is 33.4 Å². The normalized spacial score (nSPS) is 13.2. The van der Waals surface area contributed by atoms with Crippen LogP contribution in [0, 0.1) is 0 Å². The molecule has 0 radical (unpaired) electrons. The second-order valence-corrected chi connectivity index (χ2v) is 39.2. The predicted octanol–water partition coefficient (Wildman–Crippen LogP) is 7.37. The van der Waals surface area contributed by atoms with Crippen LogP contribution in [0.15, 0.2) is 146 Å². The van der Waals surface area contributed by atoms with Crippen LogP contribution < -0.4 is 13.1 Å². The van der Waals surface area contributed by atoms with E-state index in [0.29, 0.717) is 0 Å². The summed E-state index contributed by atoms with van der Waals surface area (Å²) in [7, 11) is 0. The fourth-order valence-electron chi connectivity index (χ4n) is 8.84. The molecule has 0 spiro atoms. The van der Waals surface area contributed by atoms with Crippen molar-refractivity contribution < 1.29 is 17.4 Å². The molecule has 0 nitrogen and oxygen atoms in total. The SMILES string of the molecule is C[Si](C)=[Zr]([c]1ccccc1)([c]1ccccc1)([c]1cccc2c1Cc1ccccc1-2)[c]1cccc2c1Cc1ccccc1-2. The van der Waals surface area contributed by atoms with Gasteiger partial charge >= 0.3 is 252 Å². The summed E-state index contributed by atoms with van der Waals surface area (Å²) < 4.78 is 6.48. The van der Waals surface area contributed by atoms with Gasteiger partial charge in [0.15, 0.2) is 0 Å². The number of hydrogen-bond acceptors (Lipinski definition) is 0. The van der Waals surface area contributed by atoms with Gasteiger partial charge in [-0.25, -0.2) is 0 Å². The Morgan fingerprint density at radius 1 is 0.405 bits per heavy atom. The zero-order chi connectivity index (χ0) is 28.3. The van der Waals surface area contributed by atoms with E-state index in [4.69, 9.17) is 0 Å². The molecule has 0 saturated carbocycles. The standard InChI is InChI=1S/2C13H9.2C6H5.C2H6Si.Zr/c2*1-3-7-12-10(5-1)9-11-6-2-4-8-13(11)12;2*1-2-4-6-5-3-1;1-3-2;/h2*1-5,7-8H,9H2;2*1-5H;1-2H3;. The molecule has 6 aromatic carbocycles. The van der Waals surface area contributed by atoms with E-state index in [1.54, 1.807) is 24.2 Å². The van der Waals surface area contributed by atoms with Gasteiger partial charge < -0.3 is 0 Å². The van der Waals surface area contributed by atoms with Gasteiger partial charge in [-0.1, -0.05) is 0 Å². The summed E-state index contributed by atoms with van der Waals surface area (Å²) in [5, 5.41) is 0. The molecule has 0 fully saturated rings. The molecule has 0 bridgehead atoms. The monoisotopic (exact) mass is 632 g/mol. The first-order chi connectivity index (χ1) is 20.6. The van der Waals surface area contributed by atoms with Crippen LogP contribution in [0.4, 0.5) is 0 Å². The van der Waals surface area contributed by atoms with E-state index in [-0.39, 0.29) is 0 Å². The molecule has 2 aliphatic carbocycles. The van der Waals surface area contributed by atoms with Gasteiger partial charge in [-0.15, -0.1) is 0 Å². The first kappa shape index (κ1) is 26.1. The van der Waals surface area contributed by atoms with Crippen LogP contribution in [0.25, 0.3) is 22.3 Å². The molecule has 0 amide bonds. The summed E-state index contributed by atoms with van der Waals surface area (Å²) in [4.78, 5) is 0. The summed E-state index contributed by atoms with van der Waals surface area (Å²) >= 11 is -4.69. The summed E-state index contributed by atoms with van der Waals surface area (Å²) in [6.45, 7) is 5.28. The molecule has 42 heavy (non-hydrogen) atoms. The molecule has 2 aliphatic rings.